The molecule has 0 bridgehead atoms. The third kappa shape index (κ3) is 1.69. The summed E-state index contributed by atoms with van der Waals surface area (Å²) in [5.41, 5.74) is 9.07. The highest BCUT2D eigenvalue weighted by molar-refractivity contribution is 9.11. The zero-order valence-electron chi connectivity index (χ0n) is 14.5. The number of benzene rings is 1. The Kier molecular flexibility index (Phi) is 2.84. The molecule has 0 nitrogen and oxygen atoms in total. The molecule has 3 heteroatoms. The molecule has 0 saturated carbocycles. The van der Waals surface area contributed by atoms with E-state index in [1.165, 1.54) is 51.8 Å². The molecule has 24 heavy (non-hydrogen) atoms. The van der Waals surface area contributed by atoms with E-state index in [0.29, 0.717) is 0 Å². The number of hydrogen-bond donors (Lipinski definition) is 0. The average Bonchev–Trinajstić information content (AvgIpc) is 3.17. The van der Waals surface area contributed by atoms with Gasteiger partial charge >= 0.3 is 0 Å². The Labute approximate surface area is 159 Å². The smallest absolute Gasteiger partial charge is 0.0708 e. The van der Waals surface area contributed by atoms with Crippen molar-refractivity contribution in [1.82, 2.24) is 0 Å². The van der Waals surface area contributed by atoms with E-state index in [4.69, 9.17) is 0 Å². The van der Waals surface area contributed by atoms with Crippen molar-refractivity contribution in [3.8, 4) is 20.9 Å². The topological polar surface area (TPSA) is 0 Å². The fourth-order valence-corrected chi connectivity index (χ4v) is 7.49. The normalized spacial score (nSPS) is 18.2. The summed E-state index contributed by atoms with van der Waals surface area (Å²) in [5.74, 6) is 0. The first-order chi connectivity index (χ1) is 11.2. The van der Waals surface area contributed by atoms with E-state index < -0.39 is 0 Å². The molecule has 0 unspecified atom stereocenters. The molecule has 2 aliphatic carbocycles. The van der Waals surface area contributed by atoms with Gasteiger partial charge in [-0.15, -0.1) is 22.7 Å². The predicted molar refractivity (Wildman–Crippen MR) is 110 cm³/mol. The second-order valence-corrected chi connectivity index (χ2v) is 11.8. The summed E-state index contributed by atoms with van der Waals surface area (Å²) in [7, 11) is 0. The van der Waals surface area contributed by atoms with Gasteiger partial charge in [-0.25, -0.2) is 0 Å². The molecule has 3 aromatic rings. The Hall–Kier alpha value is -0.900. The molecule has 1 aromatic carbocycles. The van der Waals surface area contributed by atoms with Gasteiger partial charge in [0, 0.05) is 25.5 Å². The third-order valence-corrected chi connectivity index (χ3v) is 8.65. The standard InChI is InChI=1S/C21H19BrS2/c1-10-6-15-18(23-10)11-7-14-12(8-13(11)20(15,2)3)19-16(21(14,4)5)9-17(22)24-19/h6-9H,1-5H3. The number of halogens is 1. The molecule has 0 saturated heterocycles. The Morgan fingerprint density at radius 3 is 1.79 bits per heavy atom. The van der Waals surface area contributed by atoms with Crippen LogP contribution >= 0.6 is 38.6 Å². The summed E-state index contributed by atoms with van der Waals surface area (Å²) in [4.78, 5) is 4.36. The van der Waals surface area contributed by atoms with Gasteiger partial charge in [0.15, 0.2) is 0 Å². The molecule has 0 fully saturated rings. The van der Waals surface area contributed by atoms with Gasteiger partial charge in [0.25, 0.3) is 0 Å². The van der Waals surface area contributed by atoms with Crippen LogP contribution in [0.2, 0.25) is 0 Å². The van der Waals surface area contributed by atoms with E-state index in [1.807, 2.05) is 22.7 Å². The summed E-state index contributed by atoms with van der Waals surface area (Å²) in [6.45, 7) is 11.7. The minimum atomic E-state index is 0.0847. The zero-order valence-corrected chi connectivity index (χ0v) is 17.7. The molecule has 0 amide bonds. The quantitative estimate of drug-likeness (QED) is 0.357. The first-order valence-electron chi connectivity index (χ1n) is 8.31. The Balaban J connectivity index is 1.86. The molecule has 0 aliphatic heterocycles. The van der Waals surface area contributed by atoms with Crippen molar-refractivity contribution < 1.29 is 0 Å². The third-order valence-electron chi connectivity index (χ3n) is 5.90. The van der Waals surface area contributed by atoms with Crippen LogP contribution in [0.15, 0.2) is 28.1 Å². The summed E-state index contributed by atoms with van der Waals surface area (Å²) < 4.78 is 1.24. The summed E-state index contributed by atoms with van der Waals surface area (Å²) in [5, 5.41) is 0. The highest BCUT2D eigenvalue weighted by Crippen LogP contribution is 2.59. The Bertz CT molecular complexity index is 947. The Morgan fingerprint density at radius 1 is 0.708 bits per heavy atom. The molecule has 0 radical (unpaired) electrons. The van der Waals surface area contributed by atoms with Crippen molar-refractivity contribution in [2.45, 2.75) is 45.4 Å². The van der Waals surface area contributed by atoms with Crippen molar-refractivity contribution in [3.63, 3.8) is 0 Å². The average molecular weight is 415 g/mol. The van der Waals surface area contributed by atoms with Gasteiger partial charge in [-0.2, -0.15) is 0 Å². The Morgan fingerprint density at radius 2 is 1.21 bits per heavy atom. The van der Waals surface area contributed by atoms with Crippen LogP contribution in [0.5, 0.6) is 0 Å². The van der Waals surface area contributed by atoms with Crippen LogP contribution in [0.1, 0.15) is 54.8 Å². The number of aryl methyl sites for hydroxylation is 1. The van der Waals surface area contributed by atoms with Crippen LogP contribution < -0.4 is 0 Å². The van der Waals surface area contributed by atoms with E-state index in [0.717, 1.165) is 0 Å². The lowest BCUT2D eigenvalue weighted by atomic mass is 9.79. The van der Waals surface area contributed by atoms with E-state index >= 15 is 0 Å². The number of thiophene rings is 2. The molecule has 0 atom stereocenters. The lowest BCUT2D eigenvalue weighted by Crippen LogP contribution is -2.16. The highest BCUT2D eigenvalue weighted by Gasteiger charge is 2.43. The minimum Gasteiger partial charge on any atom is -0.140 e. The molecule has 5 rings (SSSR count). The summed E-state index contributed by atoms with van der Waals surface area (Å²) in [6.07, 6.45) is 0. The first-order valence-corrected chi connectivity index (χ1v) is 10.7. The number of hydrogen-bond acceptors (Lipinski definition) is 2. The largest absolute Gasteiger partial charge is 0.140 e. The highest BCUT2D eigenvalue weighted by atomic mass is 79.9. The maximum atomic E-state index is 3.69. The molecule has 2 heterocycles. The zero-order chi connectivity index (χ0) is 17.0. The van der Waals surface area contributed by atoms with Crippen molar-refractivity contribution >= 4 is 38.6 Å². The molecule has 0 N–H and O–H groups in total. The maximum Gasteiger partial charge on any atom is 0.0708 e. The second kappa shape index (κ2) is 4.44. The van der Waals surface area contributed by atoms with Gasteiger partial charge in [-0.3, -0.25) is 0 Å². The minimum absolute atomic E-state index is 0.0847. The van der Waals surface area contributed by atoms with Crippen molar-refractivity contribution in [2.75, 3.05) is 0 Å². The number of fused-ring (bicyclic) bond motifs is 6. The SMILES string of the molecule is Cc1cc2c(s1)-c1cc3c(cc1C2(C)C)-c1sc(Br)cc1C3(C)C. The van der Waals surface area contributed by atoms with Gasteiger partial charge in [-0.1, -0.05) is 27.7 Å². The van der Waals surface area contributed by atoms with Crippen LogP contribution in [0.25, 0.3) is 20.9 Å². The van der Waals surface area contributed by atoms with E-state index in [9.17, 15) is 0 Å². The van der Waals surface area contributed by atoms with Crippen LogP contribution in [-0.2, 0) is 10.8 Å². The lowest BCUT2D eigenvalue weighted by Gasteiger charge is -2.24. The van der Waals surface area contributed by atoms with Crippen molar-refractivity contribution in [3.05, 3.63) is 55.2 Å². The van der Waals surface area contributed by atoms with E-state index in [-0.39, 0.29) is 10.8 Å². The van der Waals surface area contributed by atoms with Gasteiger partial charge in [-0.05, 0) is 80.5 Å². The predicted octanol–water partition coefficient (Wildman–Crippen LogP) is 7.49. The molecular weight excluding hydrogens is 396 g/mol. The molecule has 2 aliphatic rings. The number of rotatable bonds is 0. The van der Waals surface area contributed by atoms with E-state index in [1.54, 1.807) is 0 Å². The van der Waals surface area contributed by atoms with Crippen molar-refractivity contribution in [2.24, 2.45) is 0 Å². The maximum absolute atomic E-state index is 3.69. The fourth-order valence-electron chi connectivity index (χ4n) is 4.50. The molecule has 0 spiro atoms. The van der Waals surface area contributed by atoms with E-state index in [2.05, 4.69) is 74.8 Å². The van der Waals surface area contributed by atoms with Gasteiger partial charge in [0.2, 0.25) is 0 Å². The van der Waals surface area contributed by atoms with Crippen LogP contribution in [-0.4, -0.2) is 0 Å². The first kappa shape index (κ1) is 15.4. The van der Waals surface area contributed by atoms with Crippen molar-refractivity contribution in [1.29, 1.82) is 0 Å². The fraction of sp³-hybridized carbons (Fsp3) is 0.333. The van der Waals surface area contributed by atoms with Crippen LogP contribution in [0, 0.1) is 6.92 Å². The lowest BCUT2D eigenvalue weighted by molar-refractivity contribution is 0.653. The molecule has 2 aromatic heterocycles. The van der Waals surface area contributed by atoms with Crippen LogP contribution in [0.3, 0.4) is 0 Å². The molecule has 122 valence electrons. The second-order valence-electron chi connectivity index (χ2n) is 8.09. The molecular formula is C21H19BrS2. The van der Waals surface area contributed by atoms with Gasteiger partial charge in [0.1, 0.15) is 0 Å². The summed E-state index contributed by atoms with van der Waals surface area (Å²) >= 11 is 7.52. The van der Waals surface area contributed by atoms with Gasteiger partial charge in [0.05, 0.1) is 3.79 Å². The van der Waals surface area contributed by atoms with Gasteiger partial charge < -0.3 is 0 Å². The monoisotopic (exact) mass is 414 g/mol. The summed E-state index contributed by atoms with van der Waals surface area (Å²) in [6, 6.07) is 9.69. The van der Waals surface area contributed by atoms with Crippen LogP contribution in [0.4, 0.5) is 0 Å².